The zero-order valence-corrected chi connectivity index (χ0v) is 22.3. The van der Waals surface area contributed by atoms with Gasteiger partial charge in [-0.1, -0.05) is 37.0 Å². The molecule has 0 aliphatic heterocycles. The Balaban J connectivity index is 1.63. The van der Waals surface area contributed by atoms with Crippen LogP contribution in [0, 0.1) is 13.8 Å². The van der Waals surface area contributed by atoms with E-state index in [1.807, 2.05) is 39.8 Å². The number of nitrogens with one attached hydrogen (secondary N) is 1. The van der Waals surface area contributed by atoms with Crippen molar-refractivity contribution in [1.82, 2.24) is 24.1 Å². The lowest BCUT2D eigenvalue weighted by Crippen LogP contribution is -2.36. The van der Waals surface area contributed by atoms with Crippen LogP contribution in [-0.2, 0) is 6.54 Å². The molecule has 2 aromatic heterocycles. The Morgan fingerprint density at radius 1 is 1.03 bits per heavy atom. The molecule has 1 N–H and O–H groups in total. The minimum Gasteiger partial charge on any atom is -0.349 e. The van der Waals surface area contributed by atoms with E-state index in [0.717, 1.165) is 41.5 Å². The molecule has 0 unspecified atom stereocenters. The van der Waals surface area contributed by atoms with E-state index in [1.165, 1.54) is 15.4 Å². The van der Waals surface area contributed by atoms with Crippen molar-refractivity contribution < 1.29 is 9.59 Å². The van der Waals surface area contributed by atoms with Gasteiger partial charge in [0.25, 0.3) is 11.5 Å². The molecule has 2 heterocycles. The number of carbonyl (C=O) groups excluding carboxylic acids is 2. The van der Waals surface area contributed by atoms with Crippen LogP contribution in [0.25, 0.3) is 16.7 Å². The number of nitrogens with zero attached hydrogens (tertiary/aromatic N) is 4. The summed E-state index contributed by atoms with van der Waals surface area (Å²) in [5, 5.41) is 7.84. The molecule has 5 rings (SSSR count). The van der Waals surface area contributed by atoms with Crippen LogP contribution in [0.3, 0.4) is 0 Å². The average Bonchev–Trinajstić information content (AvgIpc) is 3.20. The predicted molar refractivity (Wildman–Crippen MR) is 146 cm³/mol. The fourth-order valence-electron chi connectivity index (χ4n) is 5.36. The van der Waals surface area contributed by atoms with Gasteiger partial charge in [-0.3, -0.25) is 19.0 Å². The first-order valence-corrected chi connectivity index (χ1v) is 13.2. The van der Waals surface area contributed by atoms with Crippen molar-refractivity contribution in [1.29, 1.82) is 0 Å². The molecule has 0 radical (unpaired) electrons. The molecule has 2 aromatic carbocycles. The van der Waals surface area contributed by atoms with Crippen molar-refractivity contribution in [3.8, 4) is 0 Å². The van der Waals surface area contributed by atoms with Crippen molar-refractivity contribution in [3.05, 3.63) is 79.5 Å². The Hall–Kier alpha value is -4.01. The number of amides is 1. The minimum absolute atomic E-state index is 0.127. The maximum atomic E-state index is 13.6. The van der Waals surface area contributed by atoms with Gasteiger partial charge in [0.2, 0.25) is 5.78 Å². The molecule has 1 aliphatic carbocycles. The predicted octanol–water partition coefficient (Wildman–Crippen LogP) is 3.95. The van der Waals surface area contributed by atoms with E-state index in [-0.39, 0.29) is 41.7 Å². The van der Waals surface area contributed by atoms with E-state index in [2.05, 4.69) is 10.4 Å². The molecule has 0 saturated heterocycles. The third kappa shape index (κ3) is 4.57. The van der Waals surface area contributed by atoms with Crippen LogP contribution >= 0.6 is 0 Å². The number of rotatable bonds is 6. The first-order chi connectivity index (χ1) is 18.2. The molecular formula is C29H33N5O4. The molecule has 9 heteroatoms. The fourth-order valence-corrected chi connectivity index (χ4v) is 5.36. The van der Waals surface area contributed by atoms with Crippen molar-refractivity contribution in [2.75, 3.05) is 0 Å². The van der Waals surface area contributed by atoms with Crippen molar-refractivity contribution in [3.63, 3.8) is 0 Å². The monoisotopic (exact) mass is 515 g/mol. The molecule has 198 valence electrons. The number of benzene rings is 2. The van der Waals surface area contributed by atoms with Crippen molar-refractivity contribution >= 4 is 28.4 Å². The molecule has 0 spiro atoms. The number of aromatic nitrogens is 4. The Morgan fingerprint density at radius 3 is 2.47 bits per heavy atom. The van der Waals surface area contributed by atoms with Gasteiger partial charge < -0.3 is 5.32 Å². The van der Waals surface area contributed by atoms with Crippen LogP contribution in [0.5, 0.6) is 0 Å². The van der Waals surface area contributed by atoms with Gasteiger partial charge in [0, 0.05) is 23.2 Å². The second-order valence-corrected chi connectivity index (χ2v) is 10.6. The van der Waals surface area contributed by atoms with Crippen LogP contribution < -0.4 is 16.6 Å². The number of fused-ring (bicyclic) bond motifs is 3. The number of ketones is 1. The summed E-state index contributed by atoms with van der Waals surface area (Å²) >= 11 is 0. The van der Waals surface area contributed by atoms with Crippen molar-refractivity contribution in [2.45, 2.75) is 78.4 Å². The second kappa shape index (κ2) is 10.0. The standard InChI is InChI=1S/C29H33N5O4/c1-17(2)33-27(37)22-13-12-20(26(36)30-21-8-6-5-7-9-21)15-24(22)34-28(33)31-32(29(34)38)16-25(35)23-14-18(3)10-11-19(23)4/h10-15,17,21H,5-9,16H2,1-4H3,(H,30,36). The summed E-state index contributed by atoms with van der Waals surface area (Å²) in [7, 11) is 0. The molecule has 0 bridgehead atoms. The zero-order valence-electron chi connectivity index (χ0n) is 22.3. The van der Waals surface area contributed by atoms with E-state index in [4.69, 9.17) is 0 Å². The van der Waals surface area contributed by atoms with Crippen LogP contribution in [0.15, 0.2) is 46.0 Å². The first kappa shape index (κ1) is 25.6. The molecule has 9 nitrogen and oxygen atoms in total. The van der Waals surface area contributed by atoms with Crippen molar-refractivity contribution in [2.24, 2.45) is 0 Å². The lowest BCUT2D eigenvalue weighted by Gasteiger charge is -2.22. The van der Waals surface area contributed by atoms with Gasteiger partial charge in [0.15, 0.2) is 5.78 Å². The van der Waals surface area contributed by atoms with Crippen LogP contribution in [0.2, 0.25) is 0 Å². The molecule has 1 amide bonds. The molecule has 1 aliphatic rings. The van der Waals surface area contributed by atoms with Gasteiger partial charge in [0.1, 0.15) is 6.54 Å². The largest absolute Gasteiger partial charge is 0.352 e. The lowest BCUT2D eigenvalue weighted by atomic mass is 9.95. The summed E-state index contributed by atoms with van der Waals surface area (Å²) in [5.74, 6) is -0.335. The summed E-state index contributed by atoms with van der Waals surface area (Å²) in [5.41, 5.74) is 2.12. The molecule has 4 aromatic rings. The number of aryl methyl sites for hydroxylation is 2. The maximum absolute atomic E-state index is 13.6. The molecule has 1 fully saturated rings. The van der Waals surface area contributed by atoms with Crippen LogP contribution in [0.4, 0.5) is 0 Å². The van der Waals surface area contributed by atoms with Gasteiger partial charge in [-0.2, -0.15) is 0 Å². The fraction of sp³-hybridized carbons (Fsp3) is 0.414. The maximum Gasteiger partial charge on any atom is 0.352 e. The number of hydrogen-bond donors (Lipinski definition) is 1. The highest BCUT2D eigenvalue weighted by Gasteiger charge is 2.23. The summed E-state index contributed by atoms with van der Waals surface area (Å²) in [6.45, 7) is 7.17. The van der Waals surface area contributed by atoms with E-state index >= 15 is 0 Å². The van der Waals surface area contributed by atoms with Gasteiger partial charge in [0.05, 0.1) is 10.9 Å². The SMILES string of the molecule is Cc1ccc(C)c(C(=O)Cn2nc3n(C(C)C)c(=O)c4ccc(C(=O)NC5CCCCC5)cc4n3c2=O)c1. The highest BCUT2D eigenvalue weighted by atomic mass is 16.2. The van der Waals surface area contributed by atoms with Gasteiger partial charge in [-0.25, -0.2) is 13.9 Å². The van der Waals surface area contributed by atoms with E-state index < -0.39 is 5.69 Å². The second-order valence-electron chi connectivity index (χ2n) is 10.6. The Labute approximate surface area is 220 Å². The van der Waals surface area contributed by atoms with E-state index in [1.54, 1.807) is 24.3 Å². The number of hydrogen-bond acceptors (Lipinski definition) is 5. The third-order valence-electron chi connectivity index (χ3n) is 7.43. The van der Waals surface area contributed by atoms with Gasteiger partial charge >= 0.3 is 5.69 Å². The lowest BCUT2D eigenvalue weighted by molar-refractivity contribution is 0.0926. The quantitative estimate of drug-likeness (QED) is 0.391. The molecule has 38 heavy (non-hydrogen) atoms. The highest BCUT2D eigenvalue weighted by Crippen LogP contribution is 2.20. The van der Waals surface area contributed by atoms with E-state index in [9.17, 15) is 19.2 Å². The third-order valence-corrected chi connectivity index (χ3v) is 7.43. The summed E-state index contributed by atoms with van der Waals surface area (Å²) < 4.78 is 3.89. The van der Waals surface area contributed by atoms with Crippen LogP contribution in [0.1, 0.15) is 83.8 Å². The summed E-state index contributed by atoms with van der Waals surface area (Å²) in [6.07, 6.45) is 5.26. The minimum atomic E-state index is -0.539. The topological polar surface area (TPSA) is 107 Å². The Bertz CT molecular complexity index is 1690. The molecule has 0 atom stereocenters. The van der Waals surface area contributed by atoms with Crippen LogP contribution in [-0.4, -0.2) is 36.5 Å². The molecule has 1 saturated carbocycles. The van der Waals surface area contributed by atoms with Gasteiger partial charge in [-0.15, -0.1) is 5.10 Å². The normalized spacial score (nSPS) is 14.4. The molecular weight excluding hydrogens is 482 g/mol. The average molecular weight is 516 g/mol. The van der Waals surface area contributed by atoms with E-state index in [0.29, 0.717) is 22.0 Å². The number of Topliss-reactive ketones (excluding diaryl/α,β-unsaturated/α-hetero) is 1. The summed E-state index contributed by atoms with van der Waals surface area (Å²) in [6, 6.07) is 10.2. The number of carbonyl (C=O) groups is 2. The Morgan fingerprint density at radius 2 is 1.76 bits per heavy atom. The summed E-state index contributed by atoms with van der Waals surface area (Å²) in [4.78, 5) is 53.3. The zero-order chi connectivity index (χ0) is 27.1. The highest BCUT2D eigenvalue weighted by molar-refractivity contribution is 5.98. The van der Waals surface area contributed by atoms with Gasteiger partial charge in [-0.05, 0) is 70.4 Å². The Kier molecular flexibility index (Phi) is 6.77. The smallest absolute Gasteiger partial charge is 0.349 e. The first-order valence-electron chi connectivity index (χ1n) is 13.2.